The number of nitrogens with zero attached hydrogens (tertiary/aromatic N) is 2. The molecule has 3 rings (SSSR count). The predicted molar refractivity (Wildman–Crippen MR) is 93.9 cm³/mol. The van der Waals surface area contributed by atoms with Crippen LogP contribution in [0.1, 0.15) is 5.89 Å². The second-order valence-electron chi connectivity index (χ2n) is 5.03. The molecule has 0 fully saturated rings. The molecule has 0 aliphatic heterocycles. The van der Waals surface area contributed by atoms with Crippen molar-refractivity contribution in [3.05, 3.63) is 60.6 Å². The molecule has 0 aliphatic carbocycles. The van der Waals surface area contributed by atoms with E-state index in [0.717, 1.165) is 0 Å². The van der Waals surface area contributed by atoms with Crippen LogP contribution in [0.4, 0.5) is 5.69 Å². The molecule has 1 aromatic heterocycles. The number of allylic oxidation sites excluding steroid dienone is 1. The summed E-state index contributed by atoms with van der Waals surface area (Å²) in [5.74, 6) is 0.214. The van der Waals surface area contributed by atoms with Crippen molar-refractivity contribution in [3.8, 4) is 6.07 Å². The lowest BCUT2D eigenvalue weighted by Gasteiger charge is -2.04. The number of para-hydroxylation sites is 2. The number of oxazole rings is 1. The first-order valence-corrected chi connectivity index (χ1v) is 8.78. The van der Waals surface area contributed by atoms with E-state index in [0.29, 0.717) is 16.8 Å². The van der Waals surface area contributed by atoms with E-state index >= 15 is 0 Å². The predicted octanol–water partition coefficient (Wildman–Crippen LogP) is 2.71. The fourth-order valence-electron chi connectivity index (χ4n) is 2.13. The number of hydrogen-bond donors (Lipinski definition) is 2. The highest BCUT2D eigenvalue weighted by Gasteiger charge is 2.11. The van der Waals surface area contributed by atoms with Crippen LogP contribution < -0.4 is 10.0 Å². The molecule has 0 spiro atoms. The van der Waals surface area contributed by atoms with E-state index in [-0.39, 0.29) is 16.4 Å². The molecule has 3 aromatic rings. The van der Waals surface area contributed by atoms with Crippen molar-refractivity contribution in [1.82, 2.24) is 9.71 Å². The van der Waals surface area contributed by atoms with Crippen LogP contribution in [0.3, 0.4) is 0 Å². The molecule has 25 heavy (non-hydrogen) atoms. The summed E-state index contributed by atoms with van der Waals surface area (Å²) in [5.41, 5.74) is 2.11. The Morgan fingerprint density at radius 3 is 2.56 bits per heavy atom. The molecular weight excluding hydrogens is 340 g/mol. The molecule has 0 saturated carbocycles. The molecule has 0 bridgehead atoms. The van der Waals surface area contributed by atoms with Crippen LogP contribution in [0.5, 0.6) is 0 Å². The Labute approximate surface area is 144 Å². The molecule has 0 saturated heterocycles. The Morgan fingerprint density at radius 2 is 1.92 bits per heavy atom. The van der Waals surface area contributed by atoms with Gasteiger partial charge in [-0.05, 0) is 43.4 Å². The summed E-state index contributed by atoms with van der Waals surface area (Å²) in [6, 6.07) is 15.4. The Bertz CT molecular complexity index is 1040. The number of nitriles is 1. The van der Waals surface area contributed by atoms with Gasteiger partial charge in [0.25, 0.3) is 0 Å². The van der Waals surface area contributed by atoms with E-state index < -0.39 is 10.0 Å². The lowest BCUT2D eigenvalue weighted by Crippen LogP contribution is -2.18. The molecule has 2 aromatic carbocycles. The van der Waals surface area contributed by atoms with Gasteiger partial charge in [-0.25, -0.2) is 18.1 Å². The van der Waals surface area contributed by atoms with Gasteiger partial charge in [-0.3, -0.25) is 0 Å². The van der Waals surface area contributed by atoms with Crippen molar-refractivity contribution in [2.24, 2.45) is 0 Å². The van der Waals surface area contributed by atoms with E-state index in [9.17, 15) is 13.7 Å². The van der Waals surface area contributed by atoms with Crippen LogP contribution in [0.2, 0.25) is 0 Å². The van der Waals surface area contributed by atoms with Crippen molar-refractivity contribution < 1.29 is 12.8 Å². The average molecular weight is 354 g/mol. The third kappa shape index (κ3) is 3.52. The number of sulfonamides is 1. The molecule has 0 atom stereocenters. The smallest absolute Gasteiger partial charge is 0.240 e. The van der Waals surface area contributed by atoms with Crippen LogP contribution >= 0.6 is 0 Å². The number of hydrogen-bond acceptors (Lipinski definition) is 6. The van der Waals surface area contributed by atoms with E-state index in [4.69, 9.17) is 4.42 Å². The van der Waals surface area contributed by atoms with Crippen molar-refractivity contribution in [2.45, 2.75) is 4.90 Å². The first kappa shape index (κ1) is 16.7. The van der Waals surface area contributed by atoms with Gasteiger partial charge in [0.15, 0.2) is 5.58 Å². The monoisotopic (exact) mass is 354 g/mol. The maximum Gasteiger partial charge on any atom is 0.240 e. The quantitative estimate of drug-likeness (QED) is 0.682. The number of fused-ring (bicyclic) bond motifs is 1. The van der Waals surface area contributed by atoms with Crippen LogP contribution in [0.25, 0.3) is 16.7 Å². The topological polar surface area (TPSA) is 108 Å². The average Bonchev–Trinajstić information content (AvgIpc) is 3.06. The Kier molecular flexibility index (Phi) is 4.52. The van der Waals surface area contributed by atoms with Gasteiger partial charge in [0.2, 0.25) is 15.9 Å². The van der Waals surface area contributed by atoms with Gasteiger partial charge in [0.05, 0.1) is 4.90 Å². The summed E-state index contributed by atoms with van der Waals surface area (Å²) in [7, 11) is -2.13. The van der Waals surface area contributed by atoms with Crippen LogP contribution in [0.15, 0.2) is 64.0 Å². The molecule has 0 aliphatic rings. The number of benzene rings is 2. The molecule has 7 nitrogen and oxygen atoms in total. The first-order chi connectivity index (χ1) is 12.0. The van der Waals surface area contributed by atoms with E-state index in [1.165, 1.54) is 25.4 Å². The molecule has 0 amide bonds. The van der Waals surface area contributed by atoms with Gasteiger partial charge in [-0.2, -0.15) is 5.26 Å². The fraction of sp³-hybridized carbons (Fsp3) is 0.0588. The zero-order valence-corrected chi connectivity index (χ0v) is 14.0. The van der Waals surface area contributed by atoms with Gasteiger partial charge in [0, 0.05) is 11.9 Å². The summed E-state index contributed by atoms with van der Waals surface area (Å²) in [4.78, 5) is 4.43. The van der Waals surface area contributed by atoms with Gasteiger partial charge < -0.3 is 9.73 Å². The number of nitrogens with one attached hydrogen (secondary N) is 2. The first-order valence-electron chi connectivity index (χ1n) is 7.30. The zero-order chi connectivity index (χ0) is 17.9. The second-order valence-corrected chi connectivity index (χ2v) is 6.92. The maximum atomic E-state index is 11.7. The number of rotatable bonds is 5. The highest BCUT2D eigenvalue weighted by molar-refractivity contribution is 7.89. The maximum absolute atomic E-state index is 11.7. The summed E-state index contributed by atoms with van der Waals surface area (Å²) in [6.45, 7) is 0. The molecule has 0 radical (unpaired) electrons. The molecular formula is C17H14N4O3S. The van der Waals surface area contributed by atoms with Gasteiger partial charge in [0.1, 0.15) is 17.2 Å². The summed E-state index contributed by atoms with van der Waals surface area (Å²) in [5, 5.41) is 12.3. The van der Waals surface area contributed by atoms with Crippen molar-refractivity contribution in [3.63, 3.8) is 0 Å². The lowest BCUT2D eigenvalue weighted by molar-refractivity contribution is 0.586. The fourth-order valence-corrected chi connectivity index (χ4v) is 2.86. The van der Waals surface area contributed by atoms with Crippen LogP contribution in [-0.4, -0.2) is 20.4 Å². The molecule has 1 heterocycles. The summed E-state index contributed by atoms with van der Waals surface area (Å²) >= 11 is 0. The molecule has 8 heteroatoms. The minimum absolute atomic E-state index is 0.156. The van der Waals surface area contributed by atoms with Gasteiger partial charge in [-0.1, -0.05) is 12.1 Å². The van der Waals surface area contributed by atoms with Gasteiger partial charge >= 0.3 is 0 Å². The lowest BCUT2D eigenvalue weighted by atomic mass is 10.3. The number of aromatic nitrogens is 1. The Hall–Kier alpha value is -3.15. The minimum Gasteiger partial charge on any atom is -0.435 e. The summed E-state index contributed by atoms with van der Waals surface area (Å²) < 4.78 is 31.2. The molecule has 0 unspecified atom stereocenters. The number of anilines is 1. The van der Waals surface area contributed by atoms with E-state index in [1.54, 1.807) is 24.3 Å². The minimum atomic E-state index is -3.48. The Balaban J connectivity index is 1.83. The normalized spacial score (nSPS) is 12.1. The molecule has 2 N–H and O–H groups in total. The Morgan fingerprint density at radius 1 is 1.20 bits per heavy atom. The second kappa shape index (κ2) is 6.76. The highest BCUT2D eigenvalue weighted by Crippen LogP contribution is 2.21. The van der Waals surface area contributed by atoms with Crippen LogP contribution in [0, 0.1) is 11.3 Å². The van der Waals surface area contributed by atoms with E-state index in [2.05, 4.69) is 15.0 Å². The summed E-state index contributed by atoms with van der Waals surface area (Å²) in [6.07, 6.45) is 1.46. The van der Waals surface area contributed by atoms with Gasteiger partial charge in [-0.15, -0.1) is 0 Å². The zero-order valence-electron chi connectivity index (χ0n) is 13.2. The molecule has 126 valence electrons. The van der Waals surface area contributed by atoms with Crippen molar-refractivity contribution >= 4 is 32.4 Å². The van der Waals surface area contributed by atoms with Crippen molar-refractivity contribution in [2.75, 3.05) is 12.4 Å². The highest BCUT2D eigenvalue weighted by atomic mass is 32.2. The third-order valence-corrected chi connectivity index (χ3v) is 4.89. The SMILES string of the molecule is CNS(=O)(=O)c1ccc(N/C=C(\C#N)c2nc3ccccc3o2)cc1. The largest absolute Gasteiger partial charge is 0.435 e. The van der Waals surface area contributed by atoms with Crippen molar-refractivity contribution in [1.29, 1.82) is 5.26 Å². The van der Waals surface area contributed by atoms with E-state index in [1.807, 2.05) is 18.2 Å². The van der Waals surface area contributed by atoms with Crippen LogP contribution in [-0.2, 0) is 10.0 Å². The standard InChI is InChI=1S/C17H14N4O3S/c1-19-25(22,23)14-8-6-13(7-9-14)20-11-12(10-18)17-21-15-4-2-3-5-16(15)24-17/h2-9,11,19-20H,1H3/b12-11+. The third-order valence-electron chi connectivity index (χ3n) is 3.46.